The Kier molecular flexibility index (Phi) is 9.57. The molecule has 2 nitrogen and oxygen atoms in total. The van der Waals surface area contributed by atoms with Crippen LogP contribution in [0.2, 0.25) is 0 Å². The van der Waals surface area contributed by atoms with Crippen LogP contribution in [-0.2, 0) is 0 Å². The van der Waals surface area contributed by atoms with Crippen LogP contribution in [0.1, 0.15) is 0 Å². The Morgan fingerprint density at radius 2 is 0.548 bits per heavy atom. The van der Waals surface area contributed by atoms with Gasteiger partial charge in [-0.2, -0.15) is 0 Å². The molecule has 0 radical (unpaired) electrons. The van der Waals surface area contributed by atoms with Crippen molar-refractivity contribution >= 4 is 66.4 Å². The van der Waals surface area contributed by atoms with Crippen molar-refractivity contribution in [3.05, 3.63) is 255 Å². The summed E-state index contributed by atoms with van der Waals surface area (Å²) in [5.74, 6) is 0. The van der Waals surface area contributed by atoms with Crippen molar-refractivity contribution in [3.8, 4) is 33.4 Å². The van der Waals surface area contributed by atoms with Gasteiger partial charge in [0.25, 0.3) is 0 Å². The molecule has 0 aromatic heterocycles. The Hall–Kier alpha value is -8.20. The summed E-state index contributed by atoms with van der Waals surface area (Å²) in [4.78, 5) is 4.76. The van der Waals surface area contributed by atoms with Crippen LogP contribution in [-0.4, -0.2) is 0 Å². The molecule has 62 heavy (non-hydrogen) atoms. The second-order valence-corrected chi connectivity index (χ2v) is 15.8. The molecule has 2 heteroatoms. The third kappa shape index (κ3) is 7.04. The molecular formula is C60H42N2. The molecular weight excluding hydrogens is 749 g/mol. The highest BCUT2D eigenvalue weighted by molar-refractivity contribution is 6.01. The van der Waals surface area contributed by atoms with E-state index in [0.717, 1.165) is 45.3 Å². The first-order chi connectivity index (χ1) is 30.7. The minimum Gasteiger partial charge on any atom is -0.310 e. The Morgan fingerprint density at radius 3 is 1.08 bits per heavy atom. The molecule has 0 saturated carbocycles. The van der Waals surface area contributed by atoms with Crippen LogP contribution in [0.5, 0.6) is 0 Å². The summed E-state index contributed by atoms with van der Waals surface area (Å²) < 4.78 is 0. The lowest BCUT2D eigenvalue weighted by atomic mass is 9.98. The number of anilines is 6. The fourth-order valence-electron chi connectivity index (χ4n) is 8.89. The zero-order chi connectivity index (χ0) is 41.2. The molecule has 11 rings (SSSR count). The van der Waals surface area contributed by atoms with E-state index >= 15 is 0 Å². The van der Waals surface area contributed by atoms with Gasteiger partial charge in [0.2, 0.25) is 0 Å². The Labute approximate surface area is 362 Å². The van der Waals surface area contributed by atoms with E-state index in [4.69, 9.17) is 0 Å². The number of hydrogen-bond donors (Lipinski definition) is 0. The largest absolute Gasteiger partial charge is 0.310 e. The highest BCUT2D eigenvalue weighted by Gasteiger charge is 2.18. The van der Waals surface area contributed by atoms with Gasteiger partial charge in [0.15, 0.2) is 0 Å². The molecule has 11 aromatic rings. The van der Waals surface area contributed by atoms with Crippen LogP contribution >= 0.6 is 0 Å². The molecule has 0 unspecified atom stereocenters. The van der Waals surface area contributed by atoms with Crippen LogP contribution in [0, 0.1) is 0 Å². The van der Waals surface area contributed by atoms with E-state index in [1.54, 1.807) is 0 Å². The number of hydrogen-bond acceptors (Lipinski definition) is 2. The summed E-state index contributed by atoms with van der Waals surface area (Å²) in [6.07, 6.45) is 0. The van der Waals surface area contributed by atoms with Gasteiger partial charge >= 0.3 is 0 Å². The SMILES string of the molecule is c1ccc(-c2cccc(-c3ccc(N(c4ccc(-c5ccc(N(c6ccc7ccccc7c6)c6cccc7ccccc67)cc5)cc4)c4cccc5ccccc45)cc3)c2)cc1. The van der Waals surface area contributed by atoms with Crippen molar-refractivity contribution in [1.29, 1.82) is 0 Å². The molecule has 0 saturated heterocycles. The van der Waals surface area contributed by atoms with E-state index in [1.165, 1.54) is 54.6 Å². The highest BCUT2D eigenvalue weighted by Crippen LogP contribution is 2.43. The summed E-state index contributed by atoms with van der Waals surface area (Å²) in [6.45, 7) is 0. The second-order valence-electron chi connectivity index (χ2n) is 15.8. The maximum absolute atomic E-state index is 2.38. The van der Waals surface area contributed by atoms with Gasteiger partial charge in [-0.05, 0) is 122 Å². The van der Waals surface area contributed by atoms with Crippen LogP contribution in [0.25, 0.3) is 65.7 Å². The third-order valence-corrected chi connectivity index (χ3v) is 12.0. The van der Waals surface area contributed by atoms with E-state index in [2.05, 4.69) is 265 Å². The maximum Gasteiger partial charge on any atom is 0.0540 e. The third-order valence-electron chi connectivity index (χ3n) is 12.0. The molecule has 0 aliphatic heterocycles. The standard InChI is InChI=1S/C60H42N2/c1-2-13-43(14-3-1)50-21-10-22-51(41-50)47-31-38-54(39-32-47)61(59-25-11-19-48-16-6-8-23-57(48)59)53-34-27-45(28-35-53)46-29-36-55(37-30-46)62(56-40-33-44-15-4-5-18-52(44)42-56)60-26-12-20-49-17-7-9-24-58(49)60/h1-42H. The van der Waals surface area contributed by atoms with Gasteiger partial charge in [-0.3, -0.25) is 0 Å². The zero-order valence-corrected chi connectivity index (χ0v) is 34.1. The second kappa shape index (κ2) is 16.1. The van der Waals surface area contributed by atoms with E-state index in [1.807, 2.05) is 0 Å². The van der Waals surface area contributed by atoms with E-state index in [9.17, 15) is 0 Å². The first kappa shape index (κ1) is 36.8. The molecule has 0 fully saturated rings. The Bertz CT molecular complexity index is 3320. The lowest BCUT2D eigenvalue weighted by Gasteiger charge is -2.28. The molecule has 0 aliphatic rings. The van der Waals surface area contributed by atoms with E-state index < -0.39 is 0 Å². The first-order valence-corrected chi connectivity index (χ1v) is 21.2. The minimum atomic E-state index is 1.10. The number of nitrogens with zero attached hydrogens (tertiary/aromatic N) is 2. The highest BCUT2D eigenvalue weighted by atomic mass is 15.1. The van der Waals surface area contributed by atoms with Crippen molar-refractivity contribution in [3.63, 3.8) is 0 Å². The van der Waals surface area contributed by atoms with E-state index in [-0.39, 0.29) is 0 Å². The molecule has 11 aromatic carbocycles. The molecule has 0 spiro atoms. The molecule has 292 valence electrons. The molecule has 0 heterocycles. The fraction of sp³-hybridized carbons (Fsp3) is 0. The lowest BCUT2D eigenvalue weighted by molar-refractivity contribution is 1.29. The van der Waals surface area contributed by atoms with Crippen LogP contribution in [0.15, 0.2) is 255 Å². The Morgan fingerprint density at radius 1 is 0.194 bits per heavy atom. The fourth-order valence-corrected chi connectivity index (χ4v) is 8.89. The van der Waals surface area contributed by atoms with Crippen molar-refractivity contribution in [2.24, 2.45) is 0 Å². The monoisotopic (exact) mass is 790 g/mol. The van der Waals surface area contributed by atoms with Gasteiger partial charge in [-0.1, -0.05) is 188 Å². The van der Waals surface area contributed by atoms with Gasteiger partial charge in [-0.15, -0.1) is 0 Å². The van der Waals surface area contributed by atoms with Gasteiger partial charge < -0.3 is 9.80 Å². The summed E-state index contributed by atoms with van der Waals surface area (Å²) in [6, 6.07) is 92.1. The normalized spacial score (nSPS) is 11.2. The lowest BCUT2D eigenvalue weighted by Crippen LogP contribution is -2.10. The predicted molar refractivity (Wildman–Crippen MR) is 265 cm³/mol. The summed E-state index contributed by atoms with van der Waals surface area (Å²) in [7, 11) is 0. The number of benzene rings is 11. The van der Waals surface area contributed by atoms with Crippen molar-refractivity contribution in [1.82, 2.24) is 0 Å². The topological polar surface area (TPSA) is 6.48 Å². The van der Waals surface area contributed by atoms with E-state index in [0.29, 0.717) is 0 Å². The molecule has 0 amide bonds. The minimum absolute atomic E-state index is 1.10. The summed E-state index contributed by atoms with van der Waals surface area (Å²) in [5, 5.41) is 7.29. The smallest absolute Gasteiger partial charge is 0.0540 e. The zero-order valence-electron chi connectivity index (χ0n) is 34.1. The average molecular weight is 791 g/mol. The van der Waals surface area contributed by atoms with Gasteiger partial charge in [-0.25, -0.2) is 0 Å². The van der Waals surface area contributed by atoms with Crippen LogP contribution in [0.3, 0.4) is 0 Å². The first-order valence-electron chi connectivity index (χ1n) is 21.2. The average Bonchev–Trinajstić information content (AvgIpc) is 3.35. The number of rotatable bonds is 9. The van der Waals surface area contributed by atoms with Gasteiger partial charge in [0.05, 0.1) is 11.4 Å². The summed E-state index contributed by atoms with van der Waals surface area (Å²) in [5.41, 5.74) is 13.9. The molecule has 0 N–H and O–H groups in total. The van der Waals surface area contributed by atoms with Crippen molar-refractivity contribution < 1.29 is 0 Å². The molecule has 0 aliphatic carbocycles. The molecule has 0 bridgehead atoms. The number of fused-ring (bicyclic) bond motifs is 3. The summed E-state index contributed by atoms with van der Waals surface area (Å²) >= 11 is 0. The molecule has 0 atom stereocenters. The maximum atomic E-state index is 2.38. The predicted octanol–water partition coefficient (Wildman–Crippen LogP) is 17.1. The van der Waals surface area contributed by atoms with Gasteiger partial charge in [0, 0.05) is 33.5 Å². The van der Waals surface area contributed by atoms with Crippen LogP contribution < -0.4 is 9.80 Å². The Balaban J connectivity index is 0.944. The quantitative estimate of drug-likeness (QED) is 0.144. The van der Waals surface area contributed by atoms with Crippen LogP contribution in [0.4, 0.5) is 34.1 Å². The van der Waals surface area contributed by atoms with Crippen molar-refractivity contribution in [2.75, 3.05) is 9.80 Å². The van der Waals surface area contributed by atoms with Crippen molar-refractivity contribution in [2.45, 2.75) is 0 Å². The van der Waals surface area contributed by atoms with Gasteiger partial charge in [0.1, 0.15) is 0 Å².